The molecule has 140 valence electrons. The van der Waals surface area contributed by atoms with E-state index in [1.807, 2.05) is 7.05 Å². The molecule has 0 amide bonds. The smallest absolute Gasteiger partial charge is 0.191 e. The molecule has 1 aliphatic heterocycles. The fraction of sp³-hybridized carbons (Fsp3) is 0.650. The van der Waals surface area contributed by atoms with E-state index in [2.05, 4.69) is 70.6 Å². The van der Waals surface area contributed by atoms with Crippen LogP contribution >= 0.6 is 0 Å². The van der Waals surface area contributed by atoms with Crippen molar-refractivity contribution >= 4 is 5.96 Å². The van der Waals surface area contributed by atoms with Gasteiger partial charge in [0, 0.05) is 32.7 Å². The van der Waals surface area contributed by atoms with Crippen LogP contribution in [0.4, 0.5) is 0 Å². The summed E-state index contributed by atoms with van der Waals surface area (Å²) in [4.78, 5) is 9.23. The lowest BCUT2D eigenvalue weighted by molar-refractivity contribution is 0.267. The zero-order chi connectivity index (χ0) is 18.1. The number of nitrogens with one attached hydrogen (secondary N) is 2. The normalized spacial score (nSPS) is 18.8. The third-order valence-electron chi connectivity index (χ3n) is 5.08. The van der Waals surface area contributed by atoms with Crippen LogP contribution < -0.4 is 10.6 Å². The van der Waals surface area contributed by atoms with Gasteiger partial charge in [-0.25, -0.2) is 0 Å². The molecule has 2 N–H and O–H groups in total. The first kappa shape index (κ1) is 19.7. The minimum atomic E-state index is 0.636. The van der Waals surface area contributed by atoms with Crippen molar-refractivity contribution < 1.29 is 0 Å². The summed E-state index contributed by atoms with van der Waals surface area (Å²) in [6.45, 7) is 10.6. The Bertz CT molecular complexity index is 543. The molecule has 5 nitrogen and oxygen atoms in total. The maximum Gasteiger partial charge on any atom is 0.191 e. The predicted octanol–water partition coefficient (Wildman–Crippen LogP) is 2.29. The van der Waals surface area contributed by atoms with Gasteiger partial charge in [-0.05, 0) is 50.7 Å². The molecular formula is C20H35N5. The number of guanidine groups is 1. The summed E-state index contributed by atoms with van der Waals surface area (Å²) < 4.78 is 0. The Kier molecular flexibility index (Phi) is 8.22. The van der Waals surface area contributed by atoms with E-state index < -0.39 is 0 Å². The minimum absolute atomic E-state index is 0.636. The van der Waals surface area contributed by atoms with Gasteiger partial charge >= 0.3 is 0 Å². The summed E-state index contributed by atoms with van der Waals surface area (Å²) >= 11 is 0. The zero-order valence-corrected chi connectivity index (χ0v) is 16.4. The van der Waals surface area contributed by atoms with E-state index in [4.69, 9.17) is 0 Å². The summed E-state index contributed by atoms with van der Waals surface area (Å²) in [5.41, 5.74) is 2.65. The molecular weight excluding hydrogens is 310 g/mol. The Labute approximate surface area is 153 Å². The Hall–Kier alpha value is -1.59. The van der Waals surface area contributed by atoms with E-state index in [9.17, 15) is 0 Å². The number of aliphatic imine (C=N–C) groups is 1. The summed E-state index contributed by atoms with van der Waals surface area (Å²) in [6.07, 6.45) is 2.59. The van der Waals surface area contributed by atoms with Crippen LogP contribution in [-0.2, 0) is 13.1 Å². The molecule has 0 aromatic heterocycles. The van der Waals surface area contributed by atoms with Gasteiger partial charge in [0.2, 0.25) is 0 Å². The van der Waals surface area contributed by atoms with E-state index in [1.165, 1.54) is 30.5 Å². The molecule has 25 heavy (non-hydrogen) atoms. The van der Waals surface area contributed by atoms with Crippen molar-refractivity contribution in [3.8, 4) is 0 Å². The number of likely N-dealkylation sites (N-methyl/N-ethyl adjacent to an activating group) is 1. The van der Waals surface area contributed by atoms with E-state index in [1.54, 1.807) is 0 Å². The molecule has 1 heterocycles. The van der Waals surface area contributed by atoms with E-state index in [0.29, 0.717) is 6.04 Å². The first-order valence-electron chi connectivity index (χ1n) is 9.61. The van der Waals surface area contributed by atoms with Gasteiger partial charge in [-0.2, -0.15) is 0 Å². The van der Waals surface area contributed by atoms with Crippen molar-refractivity contribution in [1.82, 2.24) is 20.4 Å². The lowest BCUT2D eigenvalue weighted by Gasteiger charge is -2.24. The van der Waals surface area contributed by atoms with Crippen molar-refractivity contribution in [3.05, 3.63) is 35.4 Å². The quantitative estimate of drug-likeness (QED) is 0.560. The lowest BCUT2D eigenvalue weighted by atomic mass is 10.1. The van der Waals surface area contributed by atoms with Crippen LogP contribution in [0.2, 0.25) is 0 Å². The van der Waals surface area contributed by atoms with Crippen LogP contribution in [0.1, 0.15) is 37.8 Å². The highest BCUT2D eigenvalue weighted by Gasteiger charge is 2.22. The maximum atomic E-state index is 4.37. The number of benzene rings is 1. The summed E-state index contributed by atoms with van der Waals surface area (Å²) in [7, 11) is 3.99. The Morgan fingerprint density at radius 1 is 1.28 bits per heavy atom. The fourth-order valence-electron chi connectivity index (χ4n) is 3.42. The summed E-state index contributed by atoms with van der Waals surface area (Å²) in [6, 6.07) is 9.43. The third-order valence-corrected chi connectivity index (χ3v) is 5.08. The van der Waals surface area contributed by atoms with Crippen LogP contribution in [0.15, 0.2) is 29.3 Å². The average molecular weight is 346 g/mol. The third kappa shape index (κ3) is 6.33. The number of nitrogens with zero attached hydrogens (tertiary/aromatic N) is 3. The highest BCUT2D eigenvalue weighted by molar-refractivity contribution is 5.79. The molecule has 0 radical (unpaired) electrons. The van der Waals surface area contributed by atoms with Gasteiger partial charge in [-0.1, -0.05) is 38.1 Å². The van der Waals surface area contributed by atoms with Crippen molar-refractivity contribution in [2.75, 3.05) is 40.3 Å². The second kappa shape index (κ2) is 10.4. The van der Waals surface area contributed by atoms with Crippen LogP contribution in [0.5, 0.6) is 0 Å². The standard InChI is InChI=1S/C20H35N5/c1-5-24(4)16-18-10-7-9-17(13-18)14-22-20(21-3)23-15-19-11-8-12-25(19)6-2/h7,9-10,13,19H,5-6,8,11-12,14-16H2,1-4H3,(H2,21,22,23). The van der Waals surface area contributed by atoms with Gasteiger partial charge in [0.05, 0.1) is 0 Å². The van der Waals surface area contributed by atoms with E-state index in [0.717, 1.165) is 38.7 Å². The molecule has 0 aliphatic carbocycles. The molecule has 0 bridgehead atoms. The first-order chi connectivity index (χ1) is 12.2. The highest BCUT2D eigenvalue weighted by atomic mass is 15.2. The van der Waals surface area contributed by atoms with E-state index >= 15 is 0 Å². The van der Waals surface area contributed by atoms with Crippen LogP contribution in [0, 0.1) is 0 Å². The summed E-state index contributed by atoms with van der Waals surface area (Å²) in [5.74, 6) is 0.888. The summed E-state index contributed by atoms with van der Waals surface area (Å²) in [5, 5.41) is 6.93. The molecule has 1 aromatic rings. The second-order valence-corrected chi connectivity index (χ2v) is 6.88. The molecule has 1 unspecified atom stereocenters. The molecule has 0 spiro atoms. The Balaban J connectivity index is 1.81. The fourth-order valence-corrected chi connectivity index (χ4v) is 3.42. The molecule has 1 fully saturated rings. The average Bonchev–Trinajstić information content (AvgIpc) is 3.09. The largest absolute Gasteiger partial charge is 0.355 e. The number of rotatable bonds is 8. The molecule has 0 saturated carbocycles. The number of likely N-dealkylation sites (tertiary alicyclic amines) is 1. The monoisotopic (exact) mass is 345 g/mol. The lowest BCUT2D eigenvalue weighted by Crippen LogP contribution is -2.44. The zero-order valence-electron chi connectivity index (χ0n) is 16.4. The van der Waals surface area contributed by atoms with Gasteiger partial charge < -0.3 is 15.5 Å². The topological polar surface area (TPSA) is 42.9 Å². The maximum absolute atomic E-state index is 4.37. The van der Waals surface area contributed by atoms with Gasteiger partial charge in [-0.15, -0.1) is 0 Å². The number of hydrogen-bond acceptors (Lipinski definition) is 3. The van der Waals surface area contributed by atoms with Crippen LogP contribution in [-0.4, -0.2) is 62.1 Å². The van der Waals surface area contributed by atoms with Crippen molar-refractivity contribution in [2.24, 2.45) is 4.99 Å². The highest BCUT2D eigenvalue weighted by Crippen LogP contribution is 2.15. The Morgan fingerprint density at radius 2 is 2.08 bits per heavy atom. The van der Waals surface area contributed by atoms with Gasteiger partial charge in [-0.3, -0.25) is 9.89 Å². The van der Waals surface area contributed by atoms with Crippen LogP contribution in [0.3, 0.4) is 0 Å². The molecule has 1 aliphatic rings. The Morgan fingerprint density at radius 3 is 2.80 bits per heavy atom. The van der Waals surface area contributed by atoms with Crippen molar-refractivity contribution in [1.29, 1.82) is 0 Å². The van der Waals surface area contributed by atoms with Gasteiger partial charge in [0.15, 0.2) is 5.96 Å². The second-order valence-electron chi connectivity index (χ2n) is 6.88. The van der Waals surface area contributed by atoms with E-state index in [-0.39, 0.29) is 0 Å². The van der Waals surface area contributed by atoms with Crippen molar-refractivity contribution in [2.45, 2.75) is 45.8 Å². The van der Waals surface area contributed by atoms with Gasteiger partial charge in [0.1, 0.15) is 0 Å². The SMILES string of the molecule is CCN(C)Cc1cccc(CNC(=NC)NCC2CCCN2CC)c1. The first-order valence-corrected chi connectivity index (χ1v) is 9.61. The molecule has 1 saturated heterocycles. The van der Waals surface area contributed by atoms with Crippen molar-refractivity contribution in [3.63, 3.8) is 0 Å². The van der Waals surface area contributed by atoms with Crippen LogP contribution in [0.25, 0.3) is 0 Å². The minimum Gasteiger partial charge on any atom is -0.355 e. The molecule has 2 rings (SSSR count). The predicted molar refractivity (Wildman–Crippen MR) is 107 cm³/mol. The molecule has 1 aromatic carbocycles. The molecule has 1 atom stereocenters. The number of hydrogen-bond donors (Lipinski definition) is 2. The van der Waals surface area contributed by atoms with Gasteiger partial charge in [0.25, 0.3) is 0 Å². The molecule has 5 heteroatoms.